The molecule has 0 bridgehead atoms. The predicted octanol–water partition coefficient (Wildman–Crippen LogP) is 4.81. The Morgan fingerprint density at radius 2 is 2.11 bits per heavy atom. The van der Waals surface area contributed by atoms with Crippen LogP contribution >= 0.6 is 11.3 Å². The van der Waals surface area contributed by atoms with Crippen LogP contribution in [0.25, 0.3) is 10.2 Å². The molecule has 1 fully saturated rings. The third-order valence-corrected chi connectivity index (χ3v) is 6.34. The average molecular weight is 398 g/mol. The summed E-state index contributed by atoms with van der Waals surface area (Å²) in [5, 5.41) is 0.529. The van der Waals surface area contributed by atoms with Crippen LogP contribution in [0.4, 0.5) is 9.52 Å². The number of rotatable bonds is 4. The minimum Gasteiger partial charge on any atom is -0.375 e. The zero-order chi connectivity index (χ0) is 19.7. The van der Waals surface area contributed by atoms with Crippen LogP contribution in [-0.2, 0) is 6.42 Å². The van der Waals surface area contributed by atoms with Crippen LogP contribution in [0.3, 0.4) is 0 Å². The van der Waals surface area contributed by atoms with E-state index in [1.807, 2.05) is 36.1 Å². The predicted molar refractivity (Wildman–Crippen MR) is 112 cm³/mol. The van der Waals surface area contributed by atoms with Gasteiger partial charge in [-0.25, -0.2) is 9.37 Å². The number of likely N-dealkylation sites (tertiary alicyclic amines) is 1. The van der Waals surface area contributed by atoms with E-state index < -0.39 is 0 Å². The number of benzene rings is 2. The maximum absolute atomic E-state index is 13.1. The summed E-state index contributed by atoms with van der Waals surface area (Å²) in [6.45, 7) is 3.55. The number of fused-ring (bicyclic) bond motifs is 1. The number of piperidine rings is 1. The van der Waals surface area contributed by atoms with E-state index in [-0.39, 0.29) is 11.7 Å². The number of anilines is 1. The van der Waals surface area contributed by atoms with Crippen molar-refractivity contribution >= 4 is 32.6 Å². The number of thiazole rings is 1. The Hall–Kier alpha value is -2.47. The number of amides is 1. The highest BCUT2D eigenvalue weighted by Crippen LogP contribution is 2.29. The molecule has 2 N–H and O–H groups in total. The number of nitrogens with zero attached hydrogens (tertiary/aromatic N) is 2. The topological polar surface area (TPSA) is 59.2 Å². The molecule has 6 heteroatoms. The van der Waals surface area contributed by atoms with Gasteiger partial charge in [-0.3, -0.25) is 4.79 Å². The van der Waals surface area contributed by atoms with Crippen LogP contribution < -0.4 is 5.73 Å². The monoisotopic (exact) mass is 397 g/mol. The summed E-state index contributed by atoms with van der Waals surface area (Å²) in [5.74, 6) is 0.364. The first kappa shape index (κ1) is 18.9. The summed E-state index contributed by atoms with van der Waals surface area (Å²) in [4.78, 5) is 19.4. The first-order valence-electron chi connectivity index (χ1n) is 9.70. The van der Waals surface area contributed by atoms with Crippen LogP contribution in [0.15, 0.2) is 36.4 Å². The van der Waals surface area contributed by atoms with E-state index in [2.05, 4.69) is 4.98 Å². The largest absolute Gasteiger partial charge is 0.375 e. The third-order valence-electron chi connectivity index (χ3n) is 5.51. The molecule has 1 amide bonds. The van der Waals surface area contributed by atoms with Crippen molar-refractivity contribution < 1.29 is 9.18 Å². The fourth-order valence-corrected chi connectivity index (χ4v) is 4.88. The Bertz CT molecular complexity index is 999. The lowest BCUT2D eigenvalue weighted by atomic mass is 9.91. The van der Waals surface area contributed by atoms with Crippen molar-refractivity contribution in [3.05, 3.63) is 58.9 Å². The van der Waals surface area contributed by atoms with Gasteiger partial charge in [-0.2, -0.15) is 0 Å². The lowest BCUT2D eigenvalue weighted by Gasteiger charge is -2.33. The zero-order valence-electron chi connectivity index (χ0n) is 16.0. The van der Waals surface area contributed by atoms with E-state index in [4.69, 9.17) is 5.73 Å². The molecule has 1 atom stereocenters. The van der Waals surface area contributed by atoms with Crippen LogP contribution in [0, 0.1) is 18.7 Å². The number of hydrogen-bond acceptors (Lipinski definition) is 4. The Balaban J connectivity index is 1.43. The van der Waals surface area contributed by atoms with Crippen molar-refractivity contribution in [2.45, 2.75) is 32.6 Å². The van der Waals surface area contributed by atoms with E-state index in [0.29, 0.717) is 16.6 Å². The van der Waals surface area contributed by atoms with Crippen molar-refractivity contribution in [1.82, 2.24) is 9.88 Å². The average Bonchev–Trinajstić information content (AvgIpc) is 3.08. The lowest BCUT2D eigenvalue weighted by molar-refractivity contribution is 0.0668. The highest BCUT2D eigenvalue weighted by molar-refractivity contribution is 7.22. The summed E-state index contributed by atoms with van der Waals surface area (Å²) in [7, 11) is 0. The standard InChI is InChI=1S/C22H24FN3OS/c1-14-11-17(12-19-20(14)25-22(24)28-19)21(27)26-10-2-3-16(13-26)5-4-15-6-8-18(23)9-7-15/h6-9,11-12,16H,2-5,10,13H2,1H3,(H2,24,25)/t16-/m0/s1. The van der Waals surface area contributed by atoms with Gasteiger partial charge >= 0.3 is 0 Å². The molecule has 2 heterocycles. The molecule has 0 aliphatic carbocycles. The molecular formula is C22H24FN3OS. The van der Waals surface area contributed by atoms with Gasteiger partial charge in [0, 0.05) is 18.7 Å². The molecule has 146 valence electrons. The maximum atomic E-state index is 13.1. The number of hydrogen-bond donors (Lipinski definition) is 1. The smallest absolute Gasteiger partial charge is 0.253 e. The molecule has 1 aromatic heterocycles. The van der Waals surface area contributed by atoms with E-state index in [9.17, 15) is 9.18 Å². The minimum absolute atomic E-state index is 0.0865. The second kappa shape index (κ2) is 7.87. The van der Waals surface area contributed by atoms with Gasteiger partial charge in [0.15, 0.2) is 5.13 Å². The SMILES string of the molecule is Cc1cc(C(=O)N2CCC[C@@H](CCc3ccc(F)cc3)C2)cc2sc(N)nc12. The molecule has 1 aliphatic heterocycles. The van der Waals surface area contributed by atoms with Gasteiger partial charge in [0.05, 0.1) is 10.2 Å². The van der Waals surface area contributed by atoms with Gasteiger partial charge in [-0.15, -0.1) is 0 Å². The van der Waals surface area contributed by atoms with Gasteiger partial charge < -0.3 is 10.6 Å². The second-order valence-corrected chi connectivity index (χ2v) is 8.68. The van der Waals surface area contributed by atoms with Gasteiger partial charge in [0.2, 0.25) is 0 Å². The Labute approximate surface area is 168 Å². The number of carbonyl (C=O) groups is 1. The first-order valence-corrected chi connectivity index (χ1v) is 10.5. The van der Waals surface area contributed by atoms with Crippen molar-refractivity contribution in [3.8, 4) is 0 Å². The fraction of sp³-hybridized carbons (Fsp3) is 0.364. The van der Waals surface area contributed by atoms with E-state index in [1.165, 1.54) is 23.5 Å². The zero-order valence-corrected chi connectivity index (χ0v) is 16.8. The fourth-order valence-electron chi connectivity index (χ4n) is 4.03. The summed E-state index contributed by atoms with van der Waals surface area (Å²) in [6, 6.07) is 10.6. The molecule has 0 saturated carbocycles. The van der Waals surface area contributed by atoms with Gasteiger partial charge in [-0.05, 0) is 73.9 Å². The number of nitrogen functional groups attached to an aromatic ring is 1. The second-order valence-electron chi connectivity index (χ2n) is 7.62. The Morgan fingerprint density at radius 1 is 1.32 bits per heavy atom. The molecule has 0 unspecified atom stereocenters. The molecule has 1 saturated heterocycles. The molecule has 3 aromatic rings. The number of aryl methyl sites for hydroxylation is 2. The molecule has 4 rings (SSSR count). The quantitative estimate of drug-likeness (QED) is 0.687. The van der Waals surface area contributed by atoms with Gasteiger partial charge in [-0.1, -0.05) is 23.5 Å². The van der Waals surface area contributed by atoms with Crippen LogP contribution in [0.2, 0.25) is 0 Å². The summed E-state index contributed by atoms with van der Waals surface area (Å²) in [6.07, 6.45) is 4.08. The summed E-state index contributed by atoms with van der Waals surface area (Å²) < 4.78 is 14.0. The maximum Gasteiger partial charge on any atom is 0.253 e. The van der Waals surface area contributed by atoms with Crippen LogP contribution in [0.1, 0.15) is 40.7 Å². The number of carbonyl (C=O) groups excluding carboxylic acids is 1. The molecule has 0 spiro atoms. The van der Waals surface area contributed by atoms with E-state index >= 15 is 0 Å². The molecule has 4 nitrogen and oxygen atoms in total. The molecule has 2 aromatic carbocycles. The Kier molecular flexibility index (Phi) is 5.31. The highest BCUT2D eigenvalue weighted by Gasteiger charge is 2.25. The van der Waals surface area contributed by atoms with E-state index in [0.717, 1.165) is 60.1 Å². The number of halogens is 1. The molecule has 28 heavy (non-hydrogen) atoms. The third kappa shape index (κ3) is 4.02. The Morgan fingerprint density at radius 3 is 2.89 bits per heavy atom. The normalized spacial score (nSPS) is 17.2. The molecule has 1 aliphatic rings. The summed E-state index contributed by atoms with van der Waals surface area (Å²) in [5.41, 5.74) is 9.56. The van der Waals surface area contributed by atoms with Crippen molar-refractivity contribution in [2.24, 2.45) is 5.92 Å². The lowest BCUT2D eigenvalue weighted by Crippen LogP contribution is -2.40. The highest BCUT2D eigenvalue weighted by atomic mass is 32.1. The first-order chi connectivity index (χ1) is 13.5. The van der Waals surface area contributed by atoms with Crippen molar-refractivity contribution in [1.29, 1.82) is 0 Å². The number of aromatic nitrogens is 1. The molecular weight excluding hydrogens is 373 g/mol. The minimum atomic E-state index is -0.201. The van der Waals surface area contributed by atoms with Gasteiger partial charge in [0.25, 0.3) is 5.91 Å². The summed E-state index contributed by atoms with van der Waals surface area (Å²) >= 11 is 1.42. The molecule has 0 radical (unpaired) electrons. The van der Waals surface area contributed by atoms with E-state index in [1.54, 1.807) is 0 Å². The van der Waals surface area contributed by atoms with Crippen molar-refractivity contribution in [2.75, 3.05) is 18.8 Å². The van der Waals surface area contributed by atoms with Crippen LogP contribution in [-0.4, -0.2) is 28.9 Å². The van der Waals surface area contributed by atoms with Crippen molar-refractivity contribution in [3.63, 3.8) is 0 Å². The van der Waals surface area contributed by atoms with Gasteiger partial charge in [0.1, 0.15) is 5.82 Å². The number of nitrogens with two attached hydrogens (primary N) is 1. The van der Waals surface area contributed by atoms with Crippen LogP contribution in [0.5, 0.6) is 0 Å².